The summed E-state index contributed by atoms with van der Waals surface area (Å²) in [6.07, 6.45) is 0.484. The second-order valence-corrected chi connectivity index (χ2v) is 5.30. The monoisotopic (exact) mass is 332 g/mol. The van der Waals surface area contributed by atoms with Gasteiger partial charge < -0.3 is 19.7 Å². The summed E-state index contributed by atoms with van der Waals surface area (Å²) in [5, 5.41) is 10.3. The first-order chi connectivity index (χ1) is 11.7. The number of benzene rings is 1. The molecule has 1 atom stereocenters. The second kappa shape index (κ2) is 7.12. The average molecular weight is 332 g/mol. The van der Waals surface area contributed by atoms with E-state index in [0.717, 1.165) is 0 Å². The Balaban J connectivity index is 1.54. The molecule has 1 fully saturated rings. The van der Waals surface area contributed by atoms with Crippen molar-refractivity contribution in [2.45, 2.75) is 12.5 Å². The van der Waals surface area contributed by atoms with Crippen molar-refractivity contribution < 1.29 is 18.7 Å². The van der Waals surface area contributed by atoms with Gasteiger partial charge in [-0.2, -0.15) is 0 Å². The van der Waals surface area contributed by atoms with Crippen LogP contribution in [0.25, 0.3) is 0 Å². The van der Waals surface area contributed by atoms with Gasteiger partial charge in [0.2, 0.25) is 11.8 Å². The lowest BCUT2D eigenvalue weighted by Crippen LogP contribution is -2.34. The number of halogens is 1. The summed E-state index contributed by atoms with van der Waals surface area (Å²) in [7, 11) is 1.51. The van der Waals surface area contributed by atoms with Crippen molar-refractivity contribution in [2.24, 2.45) is 0 Å². The number of carbonyl (C=O) groups excluding carboxylic acids is 1. The van der Waals surface area contributed by atoms with E-state index in [0.29, 0.717) is 31.3 Å². The van der Waals surface area contributed by atoms with Gasteiger partial charge >= 0.3 is 6.03 Å². The highest BCUT2D eigenvalue weighted by molar-refractivity contribution is 5.89. The summed E-state index contributed by atoms with van der Waals surface area (Å²) in [5.74, 6) is 0.309. The minimum absolute atomic E-state index is 0.160. The Morgan fingerprint density at radius 3 is 2.71 bits per heavy atom. The van der Waals surface area contributed by atoms with Crippen LogP contribution in [0.5, 0.6) is 11.8 Å². The van der Waals surface area contributed by atoms with E-state index in [2.05, 4.69) is 15.5 Å². The molecule has 126 valence electrons. The van der Waals surface area contributed by atoms with Crippen LogP contribution in [0.4, 0.5) is 14.9 Å². The van der Waals surface area contributed by atoms with Crippen molar-refractivity contribution in [3.05, 3.63) is 42.2 Å². The number of carbonyl (C=O) groups is 1. The summed E-state index contributed by atoms with van der Waals surface area (Å²) >= 11 is 0. The fourth-order valence-electron chi connectivity index (χ4n) is 2.42. The van der Waals surface area contributed by atoms with E-state index < -0.39 is 5.82 Å². The van der Waals surface area contributed by atoms with Gasteiger partial charge in [-0.3, -0.25) is 0 Å². The highest BCUT2D eigenvalue weighted by atomic mass is 19.1. The third-order valence-electron chi connectivity index (χ3n) is 3.66. The van der Waals surface area contributed by atoms with E-state index in [1.165, 1.54) is 19.2 Å². The third kappa shape index (κ3) is 3.70. The molecule has 1 saturated heterocycles. The molecule has 0 spiro atoms. The summed E-state index contributed by atoms with van der Waals surface area (Å²) in [5.41, 5.74) is 0.160. The summed E-state index contributed by atoms with van der Waals surface area (Å²) in [4.78, 5) is 13.8. The van der Waals surface area contributed by atoms with Crippen LogP contribution in [0.3, 0.4) is 0 Å². The van der Waals surface area contributed by atoms with Gasteiger partial charge in [-0.1, -0.05) is 12.1 Å². The zero-order valence-corrected chi connectivity index (χ0v) is 13.1. The van der Waals surface area contributed by atoms with Gasteiger partial charge in [0.1, 0.15) is 11.9 Å². The second-order valence-electron chi connectivity index (χ2n) is 5.30. The maximum atomic E-state index is 13.6. The van der Waals surface area contributed by atoms with Crippen molar-refractivity contribution in [3.8, 4) is 11.8 Å². The highest BCUT2D eigenvalue weighted by Gasteiger charge is 2.28. The first-order valence-corrected chi connectivity index (χ1v) is 7.50. The normalized spacial score (nSPS) is 16.8. The fraction of sp³-hybridized carbons (Fsp3) is 0.312. The van der Waals surface area contributed by atoms with Crippen LogP contribution in [-0.4, -0.2) is 47.4 Å². The number of anilines is 1. The molecular formula is C16H17FN4O3. The summed E-state index contributed by atoms with van der Waals surface area (Å²) < 4.78 is 24.2. The standard InChI is InChI=1S/C16H17FN4O3/c1-23-14-6-7-15(20-19-14)24-11-8-9-21(10-11)16(22)18-13-5-3-2-4-12(13)17/h2-7,11H,8-10H2,1H3,(H,18,22). The zero-order valence-electron chi connectivity index (χ0n) is 13.1. The molecule has 7 nitrogen and oxygen atoms in total. The Hall–Kier alpha value is -2.90. The lowest BCUT2D eigenvalue weighted by Gasteiger charge is -2.17. The molecule has 2 amide bonds. The Kier molecular flexibility index (Phi) is 4.74. The van der Waals surface area contributed by atoms with E-state index in [4.69, 9.17) is 9.47 Å². The molecule has 2 aromatic rings. The molecule has 1 aromatic carbocycles. The van der Waals surface area contributed by atoms with Crippen LogP contribution in [0.1, 0.15) is 6.42 Å². The van der Waals surface area contributed by atoms with E-state index in [-0.39, 0.29) is 17.8 Å². The number of hydrogen-bond donors (Lipinski definition) is 1. The quantitative estimate of drug-likeness (QED) is 0.930. The molecule has 24 heavy (non-hydrogen) atoms. The summed E-state index contributed by atoms with van der Waals surface area (Å²) in [6, 6.07) is 9.01. The van der Waals surface area contributed by atoms with Crippen LogP contribution in [0.2, 0.25) is 0 Å². The molecule has 0 bridgehead atoms. The predicted octanol–water partition coefficient (Wildman–Crippen LogP) is 2.31. The van der Waals surface area contributed by atoms with Crippen molar-refractivity contribution in [2.75, 3.05) is 25.5 Å². The van der Waals surface area contributed by atoms with Crippen LogP contribution in [-0.2, 0) is 0 Å². The number of nitrogens with one attached hydrogen (secondary N) is 1. The molecule has 1 N–H and O–H groups in total. The predicted molar refractivity (Wildman–Crippen MR) is 84.6 cm³/mol. The van der Waals surface area contributed by atoms with Crippen LogP contribution >= 0.6 is 0 Å². The minimum Gasteiger partial charge on any atom is -0.480 e. The van der Waals surface area contributed by atoms with Crippen LogP contribution in [0, 0.1) is 5.82 Å². The van der Waals surface area contributed by atoms with Gasteiger partial charge in [-0.15, -0.1) is 10.2 Å². The van der Waals surface area contributed by atoms with Gasteiger partial charge in [-0.05, 0) is 12.1 Å². The maximum absolute atomic E-state index is 13.6. The molecule has 1 aromatic heterocycles. The Morgan fingerprint density at radius 1 is 1.25 bits per heavy atom. The number of aromatic nitrogens is 2. The van der Waals surface area contributed by atoms with E-state index in [9.17, 15) is 9.18 Å². The van der Waals surface area contributed by atoms with Crippen molar-refractivity contribution in [1.82, 2.24) is 15.1 Å². The van der Waals surface area contributed by atoms with Gasteiger partial charge in [0.25, 0.3) is 0 Å². The van der Waals surface area contributed by atoms with Gasteiger partial charge in [0.05, 0.1) is 19.3 Å². The summed E-state index contributed by atoms with van der Waals surface area (Å²) in [6.45, 7) is 0.919. The largest absolute Gasteiger partial charge is 0.480 e. The minimum atomic E-state index is -0.466. The number of urea groups is 1. The number of methoxy groups -OCH3 is 1. The van der Waals surface area contributed by atoms with Gasteiger partial charge in [0.15, 0.2) is 0 Å². The number of nitrogens with zero attached hydrogens (tertiary/aromatic N) is 3. The van der Waals surface area contributed by atoms with Crippen LogP contribution < -0.4 is 14.8 Å². The number of amides is 2. The Morgan fingerprint density at radius 2 is 2.00 bits per heavy atom. The third-order valence-corrected chi connectivity index (χ3v) is 3.66. The molecular weight excluding hydrogens is 315 g/mol. The first kappa shape index (κ1) is 16.0. The smallest absolute Gasteiger partial charge is 0.322 e. The van der Waals surface area contributed by atoms with E-state index >= 15 is 0 Å². The molecule has 1 unspecified atom stereocenters. The Labute approximate surface area is 138 Å². The molecule has 3 rings (SSSR count). The number of ether oxygens (including phenoxy) is 2. The van der Waals surface area contributed by atoms with Crippen molar-refractivity contribution >= 4 is 11.7 Å². The van der Waals surface area contributed by atoms with Crippen LogP contribution in [0.15, 0.2) is 36.4 Å². The molecule has 1 aliphatic rings. The molecule has 0 aliphatic carbocycles. The number of hydrogen-bond acceptors (Lipinski definition) is 5. The van der Waals surface area contributed by atoms with E-state index in [1.807, 2.05) is 0 Å². The lowest BCUT2D eigenvalue weighted by atomic mass is 10.3. The molecule has 1 aliphatic heterocycles. The molecule has 8 heteroatoms. The fourth-order valence-corrected chi connectivity index (χ4v) is 2.42. The highest BCUT2D eigenvalue weighted by Crippen LogP contribution is 2.19. The molecule has 0 saturated carbocycles. The first-order valence-electron chi connectivity index (χ1n) is 7.50. The number of rotatable bonds is 4. The van der Waals surface area contributed by atoms with Gasteiger partial charge in [-0.25, -0.2) is 9.18 Å². The lowest BCUT2D eigenvalue weighted by molar-refractivity contribution is 0.188. The van der Waals surface area contributed by atoms with E-state index in [1.54, 1.807) is 29.2 Å². The average Bonchev–Trinajstić information content (AvgIpc) is 3.06. The number of likely N-dealkylation sites (tertiary alicyclic amines) is 1. The van der Waals surface area contributed by atoms with Crippen molar-refractivity contribution in [1.29, 1.82) is 0 Å². The molecule has 0 radical (unpaired) electrons. The zero-order chi connectivity index (χ0) is 16.9. The maximum Gasteiger partial charge on any atom is 0.322 e. The number of para-hydroxylation sites is 1. The Bertz CT molecular complexity index is 711. The SMILES string of the molecule is COc1ccc(OC2CCN(C(=O)Nc3ccccc3F)C2)nn1. The van der Waals surface area contributed by atoms with Crippen molar-refractivity contribution in [3.63, 3.8) is 0 Å². The van der Waals surface area contributed by atoms with Gasteiger partial charge in [0, 0.05) is 25.1 Å². The molecule has 2 heterocycles. The topological polar surface area (TPSA) is 76.6 Å².